The number of fused-ring (bicyclic) bond motifs is 1. The van der Waals surface area contributed by atoms with Gasteiger partial charge >= 0.3 is 0 Å². The standard InChI is InChI=1S/C11H13NO/c1-7-3-4-9-8(2)6-12-11(13)10(9)5-7/h3-5,8H,6H2,1-2H3,(H,12,13)/t8-/m1/s1. The number of hydrogen-bond donors (Lipinski definition) is 1. The van der Waals surface area contributed by atoms with E-state index in [9.17, 15) is 4.79 Å². The van der Waals surface area contributed by atoms with Crippen LogP contribution in [-0.4, -0.2) is 12.5 Å². The maximum atomic E-state index is 11.5. The van der Waals surface area contributed by atoms with E-state index in [1.807, 2.05) is 13.0 Å². The van der Waals surface area contributed by atoms with E-state index in [2.05, 4.69) is 24.4 Å². The lowest BCUT2D eigenvalue weighted by atomic mass is 9.91. The number of carbonyl (C=O) groups excluding carboxylic acids is 1. The summed E-state index contributed by atoms with van der Waals surface area (Å²) in [5.74, 6) is 0.505. The summed E-state index contributed by atoms with van der Waals surface area (Å²) in [6, 6.07) is 6.09. The first kappa shape index (κ1) is 8.30. The zero-order valence-corrected chi connectivity index (χ0v) is 7.92. The van der Waals surface area contributed by atoms with Gasteiger partial charge in [-0.1, -0.05) is 24.6 Å². The molecule has 2 nitrogen and oxygen atoms in total. The summed E-state index contributed by atoms with van der Waals surface area (Å²) < 4.78 is 0. The van der Waals surface area contributed by atoms with Gasteiger partial charge < -0.3 is 5.32 Å². The molecule has 1 aromatic carbocycles. The topological polar surface area (TPSA) is 29.1 Å². The highest BCUT2D eigenvalue weighted by Gasteiger charge is 2.21. The molecule has 0 radical (unpaired) electrons. The second-order valence-electron chi connectivity index (χ2n) is 3.70. The van der Waals surface area contributed by atoms with Gasteiger partial charge in [0, 0.05) is 12.1 Å². The fourth-order valence-electron chi connectivity index (χ4n) is 1.75. The molecule has 0 unspecified atom stereocenters. The van der Waals surface area contributed by atoms with E-state index in [-0.39, 0.29) is 5.91 Å². The van der Waals surface area contributed by atoms with Crippen LogP contribution in [-0.2, 0) is 0 Å². The van der Waals surface area contributed by atoms with Crippen LogP contribution >= 0.6 is 0 Å². The van der Waals surface area contributed by atoms with E-state index >= 15 is 0 Å². The van der Waals surface area contributed by atoms with E-state index < -0.39 is 0 Å². The highest BCUT2D eigenvalue weighted by atomic mass is 16.1. The van der Waals surface area contributed by atoms with Crippen molar-refractivity contribution in [2.45, 2.75) is 19.8 Å². The molecule has 1 aromatic rings. The lowest BCUT2D eigenvalue weighted by Crippen LogP contribution is -2.33. The van der Waals surface area contributed by atoms with Gasteiger partial charge in [-0.2, -0.15) is 0 Å². The minimum atomic E-state index is 0.0665. The van der Waals surface area contributed by atoms with Crippen LogP contribution in [0.2, 0.25) is 0 Å². The fraction of sp³-hybridized carbons (Fsp3) is 0.364. The van der Waals surface area contributed by atoms with Gasteiger partial charge in [0.15, 0.2) is 0 Å². The van der Waals surface area contributed by atoms with Crippen molar-refractivity contribution in [3.63, 3.8) is 0 Å². The van der Waals surface area contributed by atoms with Gasteiger partial charge in [-0.3, -0.25) is 4.79 Å². The van der Waals surface area contributed by atoms with E-state index in [1.54, 1.807) is 0 Å². The normalized spacial score (nSPS) is 20.8. The molecule has 2 heteroatoms. The minimum Gasteiger partial charge on any atom is -0.351 e. The Hall–Kier alpha value is -1.31. The molecule has 2 rings (SSSR count). The number of benzene rings is 1. The Morgan fingerprint density at radius 3 is 3.00 bits per heavy atom. The molecule has 1 aliphatic heterocycles. The van der Waals surface area contributed by atoms with Crippen LogP contribution in [0, 0.1) is 6.92 Å². The summed E-state index contributed by atoms with van der Waals surface area (Å²) in [7, 11) is 0. The summed E-state index contributed by atoms with van der Waals surface area (Å²) >= 11 is 0. The van der Waals surface area contributed by atoms with Gasteiger partial charge in [0.1, 0.15) is 0 Å². The third-order valence-electron chi connectivity index (χ3n) is 2.55. The van der Waals surface area contributed by atoms with Gasteiger partial charge in [-0.15, -0.1) is 0 Å². The van der Waals surface area contributed by atoms with Crippen molar-refractivity contribution in [1.82, 2.24) is 5.32 Å². The van der Waals surface area contributed by atoms with Gasteiger partial charge in [0.05, 0.1) is 0 Å². The largest absolute Gasteiger partial charge is 0.351 e. The van der Waals surface area contributed by atoms with Gasteiger partial charge in [0.25, 0.3) is 5.91 Å². The van der Waals surface area contributed by atoms with Crippen LogP contribution in [0.1, 0.15) is 34.3 Å². The van der Waals surface area contributed by atoms with Crippen LogP contribution in [0.3, 0.4) is 0 Å². The predicted molar refractivity (Wildman–Crippen MR) is 51.9 cm³/mol. The molecule has 0 saturated carbocycles. The highest BCUT2D eigenvalue weighted by molar-refractivity contribution is 5.97. The number of rotatable bonds is 0. The molecule has 1 amide bonds. The van der Waals surface area contributed by atoms with Crippen LogP contribution < -0.4 is 5.32 Å². The first-order chi connectivity index (χ1) is 6.18. The summed E-state index contributed by atoms with van der Waals surface area (Å²) in [5.41, 5.74) is 3.16. The molecule has 1 heterocycles. The Balaban J connectivity index is 2.57. The Morgan fingerprint density at radius 1 is 1.46 bits per heavy atom. The molecule has 13 heavy (non-hydrogen) atoms. The lowest BCUT2D eigenvalue weighted by Gasteiger charge is -2.22. The SMILES string of the molecule is Cc1ccc2c(c1)C(=O)NC[C@H]2C. The molecule has 1 atom stereocenters. The number of hydrogen-bond acceptors (Lipinski definition) is 1. The zero-order chi connectivity index (χ0) is 9.42. The Kier molecular flexibility index (Phi) is 1.83. The number of carbonyl (C=O) groups is 1. The van der Waals surface area contributed by atoms with Crippen molar-refractivity contribution in [2.75, 3.05) is 6.54 Å². The summed E-state index contributed by atoms with van der Waals surface area (Å²) in [6.45, 7) is 4.90. The molecule has 0 saturated heterocycles. The van der Waals surface area contributed by atoms with Crippen LogP contribution in [0.25, 0.3) is 0 Å². The van der Waals surface area contributed by atoms with Crippen molar-refractivity contribution in [3.8, 4) is 0 Å². The average Bonchev–Trinajstić information content (AvgIpc) is 2.12. The maximum absolute atomic E-state index is 11.5. The third-order valence-corrected chi connectivity index (χ3v) is 2.55. The van der Waals surface area contributed by atoms with Gasteiger partial charge in [-0.25, -0.2) is 0 Å². The number of amides is 1. The van der Waals surface area contributed by atoms with Crippen molar-refractivity contribution in [2.24, 2.45) is 0 Å². The monoisotopic (exact) mass is 175 g/mol. The number of nitrogens with one attached hydrogen (secondary N) is 1. The molecule has 0 fully saturated rings. The minimum absolute atomic E-state index is 0.0665. The molecular formula is C11H13NO. The molecule has 0 spiro atoms. The highest BCUT2D eigenvalue weighted by Crippen LogP contribution is 2.23. The van der Waals surface area contributed by atoms with E-state index in [4.69, 9.17) is 0 Å². The van der Waals surface area contributed by atoms with Crippen molar-refractivity contribution < 1.29 is 4.79 Å². The first-order valence-corrected chi connectivity index (χ1v) is 4.57. The second-order valence-corrected chi connectivity index (χ2v) is 3.70. The Morgan fingerprint density at radius 2 is 2.23 bits per heavy atom. The molecule has 1 aliphatic rings. The van der Waals surface area contributed by atoms with Crippen LogP contribution in [0.5, 0.6) is 0 Å². The number of aryl methyl sites for hydroxylation is 1. The first-order valence-electron chi connectivity index (χ1n) is 4.57. The molecular weight excluding hydrogens is 162 g/mol. The molecule has 1 N–H and O–H groups in total. The van der Waals surface area contributed by atoms with E-state index in [0.29, 0.717) is 5.92 Å². The zero-order valence-electron chi connectivity index (χ0n) is 7.92. The third kappa shape index (κ3) is 1.32. The second kappa shape index (κ2) is 2.87. The average molecular weight is 175 g/mol. The van der Waals surface area contributed by atoms with Crippen LogP contribution in [0.4, 0.5) is 0 Å². The van der Waals surface area contributed by atoms with Gasteiger partial charge in [0.2, 0.25) is 0 Å². The predicted octanol–water partition coefficient (Wildman–Crippen LogP) is 1.84. The van der Waals surface area contributed by atoms with E-state index in [0.717, 1.165) is 17.7 Å². The fourth-order valence-corrected chi connectivity index (χ4v) is 1.75. The summed E-state index contributed by atoms with van der Waals surface area (Å²) in [6.07, 6.45) is 0. The molecule has 68 valence electrons. The quantitative estimate of drug-likeness (QED) is 0.640. The molecule has 0 bridgehead atoms. The van der Waals surface area contributed by atoms with Crippen molar-refractivity contribution in [1.29, 1.82) is 0 Å². The lowest BCUT2D eigenvalue weighted by molar-refractivity contribution is 0.0941. The van der Waals surface area contributed by atoms with Crippen molar-refractivity contribution in [3.05, 3.63) is 34.9 Å². The van der Waals surface area contributed by atoms with Gasteiger partial charge in [-0.05, 0) is 24.5 Å². The Labute approximate surface area is 78.0 Å². The summed E-state index contributed by atoms with van der Waals surface area (Å²) in [5, 5.41) is 2.88. The van der Waals surface area contributed by atoms with Crippen LogP contribution in [0.15, 0.2) is 18.2 Å². The molecule has 0 aromatic heterocycles. The Bertz CT molecular complexity index is 357. The maximum Gasteiger partial charge on any atom is 0.251 e. The van der Waals surface area contributed by atoms with E-state index in [1.165, 1.54) is 5.56 Å². The smallest absolute Gasteiger partial charge is 0.251 e. The van der Waals surface area contributed by atoms with Crippen molar-refractivity contribution >= 4 is 5.91 Å². The summed E-state index contributed by atoms with van der Waals surface area (Å²) in [4.78, 5) is 11.5. The molecule has 0 aliphatic carbocycles.